The second-order valence-corrected chi connectivity index (χ2v) is 5.85. The molecule has 5 heteroatoms. The molecule has 0 bridgehead atoms. The summed E-state index contributed by atoms with van der Waals surface area (Å²) in [6.07, 6.45) is 2.60. The number of hydrogen-bond donors (Lipinski definition) is 1. The highest BCUT2D eigenvalue weighted by Gasteiger charge is 2.22. The van der Waals surface area contributed by atoms with Gasteiger partial charge in [0, 0.05) is 25.2 Å². The van der Waals surface area contributed by atoms with Crippen LogP contribution in [0.25, 0.3) is 0 Å². The summed E-state index contributed by atoms with van der Waals surface area (Å²) in [4.78, 5) is 22.4. The molecule has 3 rings (SSSR count). The van der Waals surface area contributed by atoms with Crippen LogP contribution in [0.4, 0.5) is 5.82 Å². The number of carboxylic acids is 1. The summed E-state index contributed by atoms with van der Waals surface area (Å²) in [6.45, 7) is 5.54. The molecule has 1 aromatic heterocycles. The summed E-state index contributed by atoms with van der Waals surface area (Å²) >= 11 is 0. The average molecular weight is 297 g/mol. The SMILES string of the molecule is CC(C)c1nccc(N2CCc3cccc(C(=O)O)c3C2)n1. The first-order valence-electron chi connectivity index (χ1n) is 7.48. The van der Waals surface area contributed by atoms with E-state index >= 15 is 0 Å². The predicted molar refractivity (Wildman–Crippen MR) is 84.3 cm³/mol. The van der Waals surface area contributed by atoms with E-state index in [9.17, 15) is 9.90 Å². The van der Waals surface area contributed by atoms with Crippen LogP contribution in [0.3, 0.4) is 0 Å². The minimum atomic E-state index is -0.871. The van der Waals surface area contributed by atoms with Gasteiger partial charge in [0.15, 0.2) is 0 Å². The first kappa shape index (κ1) is 14.5. The molecule has 114 valence electrons. The van der Waals surface area contributed by atoms with Crippen molar-refractivity contribution in [2.45, 2.75) is 32.7 Å². The zero-order valence-corrected chi connectivity index (χ0v) is 12.8. The first-order valence-corrected chi connectivity index (χ1v) is 7.48. The van der Waals surface area contributed by atoms with Gasteiger partial charge in [-0.3, -0.25) is 0 Å². The molecule has 0 amide bonds. The van der Waals surface area contributed by atoms with Gasteiger partial charge in [0.2, 0.25) is 0 Å². The van der Waals surface area contributed by atoms with Gasteiger partial charge in [0.25, 0.3) is 0 Å². The van der Waals surface area contributed by atoms with Crippen molar-refractivity contribution in [3.63, 3.8) is 0 Å². The molecule has 2 heterocycles. The van der Waals surface area contributed by atoms with Gasteiger partial charge in [0.05, 0.1) is 5.56 Å². The van der Waals surface area contributed by atoms with E-state index in [0.717, 1.165) is 35.7 Å². The maximum atomic E-state index is 11.4. The minimum Gasteiger partial charge on any atom is -0.478 e. The maximum Gasteiger partial charge on any atom is 0.336 e. The lowest BCUT2D eigenvalue weighted by atomic mass is 9.95. The lowest BCUT2D eigenvalue weighted by Crippen LogP contribution is -2.32. The molecule has 0 unspecified atom stereocenters. The lowest BCUT2D eigenvalue weighted by Gasteiger charge is -2.30. The summed E-state index contributed by atoms with van der Waals surface area (Å²) in [6, 6.07) is 7.39. The number of carboxylic acid groups (broad SMARTS) is 1. The Morgan fingerprint density at radius 1 is 1.32 bits per heavy atom. The Balaban J connectivity index is 1.94. The Kier molecular flexibility index (Phi) is 3.79. The largest absolute Gasteiger partial charge is 0.478 e. The normalized spacial score (nSPS) is 14.0. The molecule has 0 saturated heterocycles. The fourth-order valence-electron chi connectivity index (χ4n) is 2.79. The predicted octanol–water partition coefficient (Wildman–Crippen LogP) is 2.86. The van der Waals surface area contributed by atoms with Crippen LogP contribution in [0.2, 0.25) is 0 Å². The highest BCUT2D eigenvalue weighted by molar-refractivity contribution is 5.90. The Bertz CT molecular complexity index is 713. The average Bonchev–Trinajstić information content (AvgIpc) is 2.53. The summed E-state index contributed by atoms with van der Waals surface area (Å²) in [5.41, 5.74) is 2.40. The van der Waals surface area contributed by atoms with Gasteiger partial charge >= 0.3 is 5.97 Å². The van der Waals surface area contributed by atoms with Gasteiger partial charge in [-0.2, -0.15) is 0 Å². The van der Waals surface area contributed by atoms with E-state index in [1.807, 2.05) is 18.2 Å². The molecule has 0 aliphatic carbocycles. The quantitative estimate of drug-likeness (QED) is 0.943. The Labute approximate surface area is 129 Å². The third kappa shape index (κ3) is 2.66. The van der Waals surface area contributed by atoms with E-state index in [1.54, 1.807) is 12.3 Å². The molecule has 1 aliphatic heterocycles. The number of aromatic nitrogens is 2. The van der Waals surface area contributed by atoms with Crippen molar-refractivity contribution in [3.8, 4) is 0 Å². The van der Waals surface area contributed by atoms with Crippen LogP contribution in [0.1, 0.15) is 47.1 Å². The van der Waals surface area contributed by atoms with Crippen molar-refractivity contribution in [1.29, 1.82) is 0 Å². The van der Waals surface area contributed by atoms with Crippen LogP contribution in [0, 0.1) is 0 Å². The van der Waals surface area contributed by atoms with Gasteiger partial charge < -0.3 is 10.0 Å². The summed E-state index contributed by atoms with van der Waals surface area (Å²) < 4.78 is 0. The van der Waals surface area contributed by atoms with E-state index in [4.69, 9.17) is 0 Å². The molecule has 0 radical (unpaired) electrons. The molecule has 0 atom stereocenters. The van der Waals surface area contributed by atoms with E-state index in [1.165, 1.54) is 0 Å². The topological polar surface area (TPSA) is 66.3 Å². The summed E-state index contributed by atoms with van der Waals surface area (Å²) in [5, 5.41) is 9.37. The van der Waals surface area contributed by atoms with Crippen LogP contribution in [0.5, 0.6) is 0 Å². The minimum absolute atomic E-state index is 0.270. The van der Waals surface area contributed by atoms with E-state index < -0.39 is 5.97 Å². The molecule has 1 aromatic carbocycles. The first-order chi connectivity index (χ1) is 10.6. The molecular formula is C17H19N3O2. The highest BCUT2D eigenvalue weighted by Crippen LogP contribution is 2.26. The van der Waals surface area contributed by atoms with Crippen LogP contribution >= 0.6 is 0 Å². The highest BCUT2D eigenvalue weighted by atomic mass is 16.4. The zero-order valence-electron chi connectivity index (χ0n) is 12.8. The van der Waals surface area contributed by atoms with Crippen molar-refractivity contribution in [2.75, 3.05) is 11.4 Å². The third-order valence-electron chi connectivity index (χ3n) is 4.00. The second kappa shape index (κ2) is 5.75. The van der Waals surface area contributed by atoms with Gasteiger partial charge in [-0.25, -0.2) is 14.8 Å². The fourth-order valence-corrected chi connectivity index (χ4v) is 2.79. The Morgan fingerprint density at radius 3 is 2.86 bits per heavy atom. The van der Waals surface area contributed by atoms with Crippen molar-refractivity contribution in [1.82, 2.24) is 9.97 Å². The fraction of sp³-hybridized carbons (Fsp3) is 0.353. The number of nitrogens with zero attached hydrogens (tertiary/aromatic N) is 3. The Morgan fingerprint density at radius 2 is 2.14 bits per heavy atom. The van der Waals surface area contributed by atoms with E-state index in [2.05, 4.69) is 28.7 Å². The number of benzene rings is 1. The summed E-state index contributed by atoms with van der Waals surface area (Å²) in [5.74, 6) is 1.08. The maximum absolute atomic E-state index is 11.4. The van der Waals surface area contributed by atoms with Gasteiger partial charge in [0.1, 0.15) is 11.6 Å². The number of rotatable bonds is 3. The number of hydrogen-bond acceptors (Lipinski definition) is 4. The number of fused-ring (bicyclic) bond motifs is 1. The summed E-state index contributed by atoms with van der Waals surface area (Å²) in [7, 11) is 0. The molecule has 0 spiro atoms. The van der Waals surface area contributed by atoms with Crippen LogP contribution in [-0.4, -0.2) is 27.6 Å². The number of aromatic carboxylic acids is 1. The monoisotopic (exact) mass is 297 g/mol. The molecule has 0 fully saturated rings. The Hall–Kier alpha value is -2.43. The smallest absolute Gasteiger partial charge is 0.336 e. The molecular weight excluding hydrogens is 278 g/mol. The van der Waals surface area contributed by atoms with Crippen molar-refractivity contribution in [3.05, 3.63) is 53.0 Å². The van der Waals surface area contributed by atoms with Crippen LogP contribution in [0.15, 0.2) is 30.5 Å². The molecule has 1 aliphatic rings. The van der Waals surface area contributed by atoms with Crippen molar-refractivity contribution >= 4 is 11.8 Å². The molecule has 2 aromatic rings. The second-order valence-electron chi connectivity index (χ2n) is 5.85. The van der Waals surface area contributed by atoms with Crippen molar-refractivity contribution in [2.24, 2.45) is 0 Å². The van der Waals surface area contributed by atoms with E-state index in [0.29, 0.717) is 12.1 Å². The molecule has 22 heavy (non-hydrogen) atoms. The molecule has 1 N–H and O–H groups in total. The van der Waals surface area contributed by atoms with Gasteiger partial charge in [-0.15, -0.1) is 0 Å². The van der Waals surface area contributed by atoms with Gasteiger partial charge in [-0.1, -0.05) is 26.0 Å². The van der Waals surface area contributed by atoms with Crippen molar-refractivity contribution < 1.29 is 9.90 Å². The van der Waals surface area contributed by atoms with Gasteiger partial charge in [-0.05, 0) is 29.7 Å². The standard InChI is InChI=1S/C17H19N3O2/c1-11(2)16-18-8-6-15(19-16)20-9-7-12-4-3-5-13(17(21)22)14(12)10-20/h3-6,8,11H,7,9-10H2,1-2H3,(H,21,22). The van der Waals surface area contributed by atoms with E-state index in [-0.39, 0.29) is 5.92 Å². The molecule has 0 saturated carbocycles. The van der Waals surface area contributed by atoms with Crippen LogP contribution in [-0.2, 0) is 13.0 Å². The zero-order chi connectivity index (χ0) is 15.7. The molecule has 5 nitrogen and oxygen atoms in total. The van der Waals surface area contributed by atoms with Crippen LogP contribution < -0.4 is 4.90 Å². The number of anilines is 1. The lowest BCUT2D eigenvalue weighted by molar-refractivity contribution is 0.0695. The third-order valence-corrected chi connectivity index (χ3v) is 4.00. The number of carbonyl (C=O) groups is 1.